The lowest BCUT2D eigenvalue weighted by Crippen LogP contribution is -2.14. The number of carbonyl (C=O) groups is 4. The molecule has 0 amide bonds. The number of nitro groups is 1. The van der Waals surface area contributed by atoms with Crippen molar-refractivity contribution >= 4 is 214 Å². The first-order valence-electron chi connectivity index (χ1n) is 37.4. The van der Waals surface area contributed by atoms with E-state index in [2.05, 4.69) is 79.5 Å². The number of hydrogen-bond donors (Lipinski definition) is 2. The summed E-state index contributed by atoms with van der Waals surface area (Å²) in [4.78, 5) is 89.6. The highest BCUT2D eigenvalue weighted by atomic mass is 35.5. The van der Waals surface area contributed by atoms with Crippen LogP contribution in [0, 0.1) is 10.1 Å². The zero-order chi connectivity index (χ0) is 82.9. The predicted octanol–water partition coefficient (Wildman–Crippen LogP) is 28.0. The van der Waals surface area contributed by atoms with E-state index in [1.54, 1.807) is 64.3 Å². The fourth-order valence-electron chi connectivity index (χ4n) is 14.3. The first-order chi connectivity index (χ1) is 58.5. The van der Waals surface area contributed by atoms with Crippen molar-refractivity contribution in [1.29, 1.82) is 0 Å². The molecule has 0 radical (unpaired) electrons. The van der Waals surface area contributed by atoms with Gasteiger partial charge >= 0.3 is 0 Å². The number of nitrogens with zero attached hydrogens (tertiary/aromatic N) is 9. The van der Waals surface area contributed by atoms with E-state index in [0.717, 1.165) is 110 Å². The average molecular weight is 1750 g/mol. The van der Waals surface area contributed by atoms with Crippen molar-refractivity contribution in [1.82, 2.24) is 44.0 Å². The molecule has 0 aliphatic carbocycles. The summed E-state index contributed by atoms with van der Waals surface area (Å²) in [5, 5.41) is 25.1. The molecule has 0 spiro atoms. The number of aromatic nitrogens is 9. The van der Waals surface area contributed by atoms with Gasteiger partial charge in [0.15, 0.2) is 6.29 Å². The second-order valence-corrected chi connectivity index (χ2v) is 29.5. The highest BCUT2D eigenvalue weighted by molar-refractivity contribution is 6.67. The summed E-state index contributed by atoms with van der Waals surface area (Å²) in [7, 11) is 0. The van der Waals surface area contributed by atoms with Crippen LogP contribution in [0.1, 0.15) is 63.7 Å². The number of pyridine rings is 3. The highest BCUT2D eigenvalue weighted by Gasteiger charge is 2.26. The maximum absolute atomic E-state index is 14.0. The molecule has 15 aromatic carbocycles. The zero-order valence-corrected chi connectivity index (χ0v) is 68.0. The monoisotopic (exact) mass is 1750 g/mol. The Balaban J connectivity index is 0.000000142. The van der Waals surface area contributed by atoms with Gasteiger partial charge in [0.25, 0.3) is 22.7 Å². The van der Waals surface area contributed by atoms with Gasteiger partial charge in [-0.05, 0) is 144 Å². The normalized spacial score (nSPS) is 10.6. The standard InChI is InChI=1S/2C27H16ClN3O.C17H11ClN2.C11H8O.C10H6ClNO.C6H5ClN2O2.3CH4.ClH/c28-19-12-13-25-24(14-19)30-26(22-11-5-8-17-6-1-3-9-20(17)22)31(25)27(32)23-16-29-15-18-7-2-4-10-21(18)23;28-19-12-13-24-25(14-19)31(27(32)23-16-29-15-18-7-2-4-10-21(18)23)26(30-24)22-11-5-8-17-6-1-3-9-20(17)22;18-12-8-9-15-16(10-12)20-17(19-15)14-7-3-5-11-4-1-2-6-13(11)14;12-8-10-6-3-5-9-4-1-2-7-11(9)10;11-10(13)8-5-7-3-1-2-4-9(7)12-6-8;7-4-1-2-5(8)6(3-4)9(10)11;;;;/h2*1-16H;1-10H,(H,19,20);1-8H;1-6H;1-3H,8H2;3*1H4;1H. The molecule has 21 rings (SSSR count). The van der Waals surface area contributed by atoms with Gasteiger partial charge in [-0.3, -0.25) is 53.4 Å². The molecule has 0 fully saturated rings. The van der Waals surface area contributed by atoms with Gasteiger partial charge in [0, 0.05) is 95.6 Å². The molecule has 0 aliphatic rings. The Kier molecular flexibility index (Phi) is 28.6. The van der Waals surface area contributed by atoms with E-state index in [0.29, 0.717) is 70.5 Å². The second kappa shape index (κ2) is 39.9. The molecule has 21 aromatic rings. The minimum absolute atomic E-state index is 0. The van der Waals surface area contributed by atoms with Gasteiger partial charge in [-0.1, -0.05) is 305 Å². The molecule has 0 unspecified atom stereocenters. The Morgan fingerprint density at radius 3 is 1.35 bits per heavy atom. The number of nitro benzene ring substituents is 1. The molecule has 0 atom stereocenters. The Morgan fingerprint density at radius 2 is 0.806 bits per heavy atom. The summed E-state index contributed by atoms with van der Waals surface area (Å²) in [6.07, 6.45) is 9.15. The van der Waals surface area contributed by atoms with E-state index in [1.807, 2.05) is 218 Å². The van der Waals surface area contributed by atoms with Crippen molar-refractivity contribution in [2.45, 2.75) is 22.3 Å². The summed E-state index contributed by atoms with van der Waals surface area (Å²) >= 11 is 29.4. The predicted molar refractivity (Wildman–Crippen MR) is 514 cm³/mol. The Hall–Kier alpha value is -14.4. The molecule has 0 bridgehead atoms. The minimum Gasteiger partial charge on any atom is -0.393 e. The topological polar surface area (TPSA) is 240 Å². The number of halogens is 6. The molecule has 23 heteroatoms. The number of fused-ring (bicyclic) bond motifs is 10. The Morgan fingerprint density at radius 1 is 0.387 bits per heavy atom. The fourth-order valence-corrected chi connectivity index (χ4v) is 15.1. The number of benzene rings is 15. The molecule has 0 saturated heterocycles. The van der Waals surface area contributed by atoms with Gasteiger partial charge in [0.2, 0.25) is 0 Å². The lowest BCUT2D eigenvalue weighted by molar-refractivity contribution is -0.383. The van der Waals surface area contributed by atoms with E-state index >= 15 is 0 Å². The maximum atomic E-state index is 14.0. The minimum atomic E-state index is -0.568. The van der Waals surface area contributed by atoms with E-state index in [9.17, 15) is 29.3 Å². The quantitative estimate of drug-likeness (QED) is 0.0473. The van der Waals surface area contributed by atoms with Crippen molar-refractivity contribution in [2.75, 3.05) is 5.73 Å². The molecular formula is C101H75Cl6N11O6. The molecule has 6 aromatic heterocycles. The number of H-pyrrole nitrogens is 1. The van der Waals surface area contributed by atoms with Crippen LogP contribution >= 0.6 is 70.4 Å². The van der Waals surface area contributed by atoms with Crippen LogP contribution in [-0.2, 0) is 0 Å². The van der Waals surface area contributed by atoms with Crippen molar-refractivity contribution in [3.05, 3.63) is 405 Å². The summed E-state index contributed by atoms with van der Waals surface area (Å²) in [6.45, 7) is 0. The van der Waals surface area contributed by atoms with E-state index in [1.165, 1.54) is 35.2 Å². The van der Waals surface area contributed by atoms with Crippen LogP contribution in [0.15, 0.2) is 353 Å². The number of aromatic amines is 1. The number of nitrogen functional groups attached to an aromatic ring is 1. The van der Waals surface area contributed by atoms with Crippen LogP contribution in [0.2, 0.25) is 20.1 Å². The van der Waals surface area contributed by atoms with Crippen LogP contribution in [0.25, 0.3) is 143 Å². The molecular weight excluding hydrogens is 1680 g/mol. The van der Waals surface area contributed by atoms with Gasteiger partial charge in [0.05, 0.1) is 60.2 Å². The van der Waals surface area contributed by atoms with Gasteiger partial charge in [-0.25, -0.2) is 15.0 Å². The van der Waals surface area contributed by atoms with Crippen LogP contribution in [0.4, 0.5) is 11.4 Å². The third-order valence-corrected chi connectivity index (χ3v) is 21.1. The summed E-state index contributed by atoms with van der Waals surface area (Å²) in [6, 6.07) is 102. The first kappa shape index (κ1) is 88.9. The fraction of sp³-hybridized carbons (Fsp3) is 0.0297. The second-order valence-electron chi connectivity index (χ2n) is 27.4. The molecule has 17 nitrogen and oxygen atoms in total. The molecule has 0 aliphatic heterocycles. The molecule has 6 heterocycles. The summed E-state index contributed by atoms with van der Waals surface area (Å²) in [5.74, 6) is 1.66. The van der Waals surface area contributed by atoms with E-state index < -0.39 is 10.2 Å². The van der Waals surface area contributed by atoms with Crippen LogP contribution < -0.4 is 5.73 Å². The number of anilines is 1. The molecule has 3 N–H and O–H groups in total. The largest absolute Gasteiger partial charge is 0.393 e. The smallest absolute Gasteiger partial charge is 0.293 e. The van der Waals surface area contributed by atoms with E-state index in [-0.39, 0.29) is 57.9 Å². The number of para-hydroxylation sites is 1. The van der Waals surface area contributed by atoms with Crippen molar-refractivity contribution in [2.24, 2.45) is 0 Å². The number of nitrogens with one attached hydrogen (secondary N) is 1. The third-order valence-electron chi connectivity index (χ3n) is 19.9. The van der Waals surface area contributed by atoms with Crippen LogP contribution in [0.5, 0.6) is 0 Å². The van der Waals surface area contributed by atoms with Crippen LogP contribution in [0.3, 0.4) is 0 Å². The zero-order valence-electron chi connectivity index (χ0n) is 63.4. The average Bonchev–Trinajstić information content (AvgIpc) is 1.59. The highest BCUT2D eigenvalue weighted by Crippen LogP contribution is 2.37. The van der Waals surface area contributed by atoms with Crippen molar-refractivity contribution in [3.63, 3.8) is 0 Å². The molecule has 124 heavy (non-hydrogen) atoms. The van der Waals surface area contributed by atoms with Gasteiger partial charge in [0.1, 0.15) is 23.2 Å². The lowest BCUT2D eigenvalue weighted by Gasteiger charge is -2.12. The maximum Gasteiger partial charge on any atom is 0.293 e. The van der Waals surface area contributed by atoms with Crippen molar-refractivity contribution < 1.29 is 24.1 Å². The number of aldehydes is 1. The van der Waals surface area contributed by atoms with Crippen LogP contribution in [-0.4, -0.2) is 72.3 Å². The lowest BCUT2D eigenvalue weighted by atomic mass is 10.0. The number of hydrogen-bond acceptors (Lipinski definition) is 13. The summed E-state index contributed by atoms with van der Waals surface area (Å²) in [5.41, 5.74) is 15.9. The molecule has 612 valence electrons. The molecule has 0 saturated carbocycles. The number of imidazole rings is 3. The van der Waals surface area contributed by atoms with Crippen molar-refractivity contribution in [3.8, 4) is 34.2 Å². The third kappa shape index (κ3) is 19.0. The Bertz CT molecular complexity index is 7480. The number of carbonyl (C=O) groups excluding carboxylic acids is 4. The summed E-state index contributed by atoms with van der Waals surface area (Å²) < 4.78 is 3.34. The Labute approximate surface area is 743 Å². The first-order valence-corrected chi connectivity index (χ1v) is 39.3. The van der Waals surface area contributed by atoms with Gasteiger partial charge in [-0.15, -0.1) is 12.4 Å². The van der Waals surface area contributed by atoms with E-state index in [4.69, 9.17) is 73.7 Å². The SMILES string of the molecule is C.C.C.Cl.Clc1ccc2nc(-c3cccc4ccccc34)[nH]c2c1.Nc1ccc(Cl)cc1[N+](=O)[O-].O=C(Cl)c1cnc2ccccc2c1.O=C(c1cncc2ccccc12)n1c(-c2cccc3ccccc23)nc2cc(Cl)ccc21.O=C(c1cncc2ccccc12)n1c(-c2cccc3ccccc23)nc2ccc(Cl)cc21.O=Cc1cccc2ccccc12. The van der Waals surface area contributed by atoms with Gasteiger partial charge in [-0.2, -0.15) is 0 Å². The van der Waals surface area contributed by atoms with Gasteiger partial charge < -0.3 is 10.7 Å². The number of nitrogens with two attached hydrogens (primary N) is 1. The number of rotatable bonds is 8.